The van der Waals surface area contributed by atoms with E-state index >= 15 is 0 Å². The third-order valence-electron chi connectivity index (χ3n) is 4.31. The molecule has 0 aliphatic carbocycles. The fraction of sp³-hybridized carbons (Fsp3) is 0.111. The van der Waals surface area contributed by atoms with Gasteiger partial charge in [0, 0.05) is 18.3 Å². The lowest BCUT2D eigenvalue weighted by molar-refractivity contribution is 0.0924. The molecule has 2 N–H and O–H groups in total. The topological polar surface area (TPSA) is 88.5 Å². The van der Waals surface area contributed by atoms with Crippen molar-refractivity contribution in [2.24, 2.45) is 0 Å². The number of carbonyl (C=O) groups excluding carboxylic acids is 1. The zero-order valence-electron chi connectivity index (χ0n) is 13.2. The van der Waals surface area contributed by atoms with Crippen LogP contribution in [0.5, 0.6) is 0 Å². The molecule has 0 unspecified atom stereocenters. The highest BCUT2D eigenvalue weighted by atomic mass is 16.2. The summed E-state index contributed by atoms with van der Waals surface area (Å²) in [6.45, 7) is 1.29. The number of aromatic amines is 1. The predicted octanol–water partition coefficient (Wildman–Crippen LogP) is 2.23. The highest BCUT2D eigenvalue weighted by Gasteiger charge is 2.20. The molecule has 0 saturated heterocycles. The van der Waals surface area contributed by atoms with E-state index in [2.05, 4.69) is 25.4 Å². The van der Waals surface area contributed by atoms with Crippen LogP contribution in [0.25, 0.3) is 33.8 Å². The number of rotatable bonds is 2. The van der Waals surface area contributed by atoms with Gasteiger partial charge in [-0.1, -0.05) is 12.1 Å². The first-order chi connectivity index (χ1) is 12.3. The standard InChI is InChI=1S/C18H14N6O/c25-18-16-10-14(23-24(16)8-7-20-18)11-5-6-19-15(9-11)17-21-12-3-1-2-4-13(12)22-17/h1-6,9-10H,7-8H2,(H,20,25)(H,21,22). The van der Waals surface area contributed by atoms with Crippen LogP contribution in [0.3, 0.4) is 0 Å². The van der Waals surface area contributed by atoms with Crippen LogP contribution < -0.4 is 5.32 Å². The van der Waals surface area contributed by atoms with Gasteiger partial charge in [0.1, 0.15) is 11.4 Å². The summed E-state index contributed by atoms with van der Waals surface area (Å²) in [7, 11) is 0. The number of fused-ring (bicyclic) bond motifs is 2. The molecule has 1 aliphatic rings. The average Bonchev–Trinajstić information content (AvgIpc) is 3.27. The Morgan fingerprint density at radius 1 is 1.08 bits per heavy atom. The number of imidazole rings is 1. The molecule has 0 atom stereocenters. The summed E-state index contributed by atoms with van der Waals surface area (Å²) in [6.07, 6.45) is 1.73. The first-order valence-corrected chi connectivity index (χ1v) is 8.05. The van der Waals surface area contributed by atoms with Gasteiger partial charge in [0.15, 0.2) is 5.82 Å². The number of aromatic nitrogens is 5. The molecule has 3 aromatic heterocycles. The summed E-state index contributed by atoms with van der Waals surface area (Å²) in [5, 5.41) is 7.37. The van der Waals surface area contributed by atoms with Gasteiger partial charge in [-0.05, 0) is 30.3 Å². The fourth-order valence-electron chi connectivity index (χ4n) is 3.07. The molecular formula is C18H14N6O. The Morgan fingerprint density at radius 3 is 2.88 bits per heavy atom. The first-order valence-electron chi connectivity index (χ1n) is 8.05. The molecule has 4 aromatic rings. The van der Waals surface area contributed by atoms with Crippen molar-refractivity contribution >= 4 is 16.9 Å². The summed E-state index contributed by atoms with van der Waals surface area (Å²) in [5.74, 6) is 0.626. The monoisotopic (exact) mass is 330 g/mol. The Bertz CT molecular complexity index is 1080. The second kappa shape index (κ2) is 5.27. The zero-order chi connectivity index (χ0) is 16.8. The molecule has 0 saturated carbocycles. The lowest BCUT2D eigenvalue weighted by Gasteiger charge is -2.13. The van der Waals surface area contributed by atoms with Crippen molar-refractivity contribution in [1.82, 2.24) is 30.0 Å². The molecule has 0 radical (unpaired) electrons. The van der Waals surface area contributed by atoms with Crippen LogP contribution in [0.15, 0.2) is 48.7 Å². The summed E-state index contributed by atoms with van der Waals surface area (Å²) in [6, 6.07) is 13.5. The van der Waals surface area contributed by atoms with Crippen molar-refractivity contribution in [2.45, 2.75) is 6.54 Å². The largest absolute Gasteiger partial charge is 0.349 e. The van der Waals surface area contributed by atoms with E-state index in [9.17, 15) is 4.79 Å². The van der Waals surface area contributed by atoms with Crippen LogP contribution in [0.4, 0.5) is 0 Å². The Kier molecular flexibility index (Phi) is 2.93. The van der Waals surface area contributed by atoms with Crippen molar-refractivity contribution < 1.29 is 4.79 Å². The highest BCUT2D eigenvalue weighted by Crippen LogP contribution is 2.25. The number of pyridine rings is 1. The number of hydrogen-bond donors (Lipinski definition) is 2. The Hall–Kier alpha value is -3.48. The molecule has 0 fully saturated rings. The molecule has 5 rings (SSSR count). The number of nitrogens with one attached hydrogen (secondary N) is 2. The van der Waals surface area contributed by atoms with Gasteiger partial charge in [-0.3, -0.25) is 14.5 Å². The molecule has 0 spiro atoms. The molecule has 4 heterocycles. The van der Waals surface area contributed by atoms with E-state index in [1.165, 1.54) is 0 Å². The van der Waals surface area contributed by atoms with Crippen LogP contribution in [0.2, 0.25) is 0 Å². The smallest absolute Gasteiger partial charge is 0.269 e. The normalized spacial score (nSPS) is 13.7. The Labute approximate surface area is 142 Å². The number of amides is 1. The maximum absolute atomic E-state index is 11.9. The summed E-state index contributed by atoms with van der Waals surface area (Å²) >= 11 is 0. The SMILES string of the molecule is O=C1NCCn2nc(-c3ccnc(-c4nc5ccccc5[nH]4)c3)cc21. The molecule has 7 heteroatoms. The fourth-order valence-corrected chi connectivity index (χ4v) is 3.07. The highest BCUT2D eigenvalue weighted by molar-refractivity contribution is 5.94. The van der Waals surface area contributed by atoms with E-state index in [0.29, 0.717) is 24.6 Å². The number of para-hydroxylation sites is 2. The number of benzene rings is 1. The number of nitrogens with zero attached hydrogens (tertiary/aromatic N) is 4. The minimum Gasteiger partial charge on any atom is -0.349 e. The van der Waals surface area contributed by atoms with E-state index in [4.69, 9.17) is 0 Å². The van der Waals surface area contributed by atoms with Gasteiger partial charge in [-0.2, -0.15) is 5.10 Å². The molecule has 122 valence electrons. The van der Waals surface area contributed by atoms with Crippen LogP contribution in [0, 0.1) is 0 Å². The lowest BCUT2D eigenvalue weighted by Crippen LogP contribution is -2.35. The molecular weight excluding hydrogens is 316 g/mol. The minimum atomic E-state index is -0.0865. The van der Waals surface area contributed by atoms with E-state index in [-0.39, 0.29) is 5.91 Å². The van der Waals surface area contributed by atoms with Crippen molar-refractivity contribution in [3.8, 4) is 22.8 Å². The van der Waals surface area contributed by atoms with Crippen molar-refractivity contribution in [3.05, 3.63) is 54.4 Å². The van der Waals surface area contributed by atoms with Gasteiger partial charge >= 0.3 is 0 Å². The van der Waals surface area contributed by atoms with Crippen LogP contribution >= 0.6 is 0 Å². The molecule has 1 aliphatic heterocycles. The Balaban J connectivity index is 1.58. The van der Waals surface area contributed by atoms with Gasteiger partial charge in [0.2, 0.25) is 0 Å². The maximum Gasteiger partial charge on any atom is 0.269 e. The molecule has 1 amide bonds. The zero-order valence-corrected chi connectivity index (χ0v) is 13.2. The van der Waals surface area contributed by atoms with E-state index in [0.717, 1.165) is 28.0 Å². The van der Waals surface area contributed by atoms with Gasteiger partial charge in [0.05, 0.1) is 23.3 Å². The molecule has 7 nitrogen and oxygen atoms in total. The predicted molar refractivity (Wildman–Crippen MR) is 92.9 cm³/mol. The van der Waals surface area contributed by atoms with Crippen molar-refractivity contribution in [2.75, 3.05) is 6.54 Å². The average molecular weight is 330 g/mol. The van der Waals surface area contributed by atoms with E-state index < -0.39 is 0 Å². The number of carbonyl (C=O) groups is 1. The molecule has 1 aromatic carbocycles. The quantitative estimate of drug-likeness (QED) is 0.590. The van der Waals surface area contributed by atoms with Gasteiger partial charge < -0.3 is 10.3 Å². The van der Waals surface area contributed by atoms with Crippen molar-refractivity contribution in [3.63, 3.8) is 0 Å². The summed E-state index contributed by atoms with van der Waals surface area (Å²) in [5.41, 5.74) is 4.86. The van der Waals surface area contributed by atoms with Gasteiger partial charge in [-0.25, -0.2) is 4.98 Å². The number of hydrogen-bond acceptors (Lipinski definition) is 4. The third-order valence-corrected chi connectivity index (χ3v) is 4.31. The van der Waals surface area contributed by atoms with E-state index in [1.54, 1.807) is 10.9 Å². The first kappa shape index (κ1) is 13.9. The third kappa shape index (κ3) is 2.28. The second-order valence-electron chi connectivity index (χ2n) is 5.93. The minimum absolute atomic E-state index is 0.0865. The molecule has 0 bridgehead atoms. The summed E-state index contributed by atoms with van der Waals surface area (Å²) in [4.78, 5) is 24.2. The van der Waals surface area contributed by atoms with Crippen molar-refractivity contribution in [1.29, 1.82) is 0 Å². The van der Waals surface area contributed by atoms with Gasteiger partial charge in [0.25, 0.3) is 5.91 Å². The molecule has 25 heavy (non-hydrogen) atoms. The van der Waals surface area contributed by atoms with E-state index in [1.807, 2.05) is 42.5 Å². The summed E-state index contributed by atoms with van der Waals surface area (Å²) < 4.78 is 1.75. The second-order valence-corrected chi connectivity index (χ2v) is 5.93. The van der Waals surface area contributed by atoms with Crippen LogP contribution in [-0.2, 0) is 6.54 Å². The van der Waals surface area contributed by atoms with Crippen LogP contribution in [0.1, 0.15) is 10.5 Å². The maximum atomic E-state index is 11.9. The lowest BCUT2D eigenvalue weighted by atomic mass is 10.1. The number of H-pyrrole nitrogens is 1. The van der Waals surface area contributed by atoms with Gasteiger partial charge in [-0.15, -0.1) is 0 Å². The van der Waals surface area contributed by atoms with Crippen LogP contribution in [-0.4, -0.2) is 37.2 Å². The Morgan fingerprint density at radius 2 is 2.00 bits per heavy atom.